The summed E-state index contributed by atoms with van der Waals surface area (Å²) < 4.78 is 5.36. The van der Waals surface area contributed by atoms with Gasteiger partial charge in [0.1, 0.15) is 5.60 Å². The molecule has 4 heteroatoms. The standard InChI is InChI=1S/C13H25NO3/c1-5-6-10-7-11(9-15)14(8-10)12(16)17-13(2,3)4/h10-11,15H,5-9H2,1-4H3. The van der Waals surface area contributed by atoms with Gasteiger partial charge in [0.15, 0.2) is 0 Å². The summed E-state index contributed by atoms with van der Waals surface area (Å²) in [7, 11) is 0. The number of rotatable bonds is 3. The highest BCUT2D eigenvalue weighted by molar-refractivity contribution is 5.69. The van der Waals surface area contributed by atoms with Gasteiger partial charge in [0.2, 0.25) is 0 Å². The summed E-state index contributed by atoms with van der Waals surface area (Å²) in [5.74, 6) is 0.504. The molecule has 100 valence electrons. The first kappa shape index (κ1) is 14.3. The highest BCUT2D eigenvalue weighted by Gasteiger charge is 2.36. The number of amides is 1. The van der Waals surface area contributed by atoms with Crippen LogP contribution in [-0.4, -0.2) is 40.9 Å². The van der Waals surface area contributed by atoms with Crippen molar-refractivity contribution in [3.8, 4) is 0 Å². The molecule has 1 fully saturated rings. The maximum Gasteiger partial charge on any atom is 0.410 e. The van der Waals surface area contributed by atoms with Crippen LogP contribution in [0.3, 0.4) is 0 Å². The van der Waals surface area contributed by atoms with E-state index in [0.29, 0.717) is 12.5 Å². The normalized spacial score (nSPS) is 25.1. The molecule has 1 N–H and O–H groups in total. The van der Waals surface area contributed by atoms with Gasteiger partial charge in [-0.15, -0.1) is 0 Å². The van der Waals surface area contributed by atoms with E-state index in [4.69, 9.17) is 4.74 Å². The van der Waals surface area contributed by atoms with Gasteiger partial charge in [0.05, 0.1) is 12.6 Å². The third-order valence-corrected chi connectivity index (χ3v) is 3.04. The van der Waals surface area contributed by atoms with E-state index in [1.807, 2.05) is 20.8 Å². The second-order valence-corrected chi connectivity index (χ2v) is 5.86. The molecule has 1 heterocycles. The molecule has 1 saturated heterocycles. The summed E-state index contributed by atoms with van der Waals surface area (Å²) in [6.45, 7) is 8.47. The molecular formula is C13H25NO3. The molecule has 0 saturated carbocycles. The zero-order valence-corrected chi connectivity index (χ0v) is 11.4. The maximum atomic E-state index is 12.0. The molecule has 1 rings (SSSR count). The van der Waals surface area contributed by atoms with Crippen LogP contribution in [0.4, 0.5) is 4.79 Å². The molecular weight excluding hydrogens is 218 g/mol. The minimum absolute atomic E-state index is 0.0272. The lowest BCUT2D eigenvalue weighted by Gasteiger charge is -2.27. The molecule has 1 amide bonds. The van der Waals surface area contributed by atoms with Crippen LogP contribution in [0.1, 0.15) is 47.0 Å². The van der Waals surface area contributed by atoms with Crippen molar-refractivity contribution in [2.45, 2.75) is 58.6 Å². The van der Waals surface area contributed by atoms with Crippen LogP contribution in [0.25, 0.3) is 0 Å². The Morgan fingerprint density at radius 2 is 2.12 bits per heavy atom. The van der Waals surface area contributed by atoms with Gasteiger partial charge in [-0.1, -0.05) is 13.3 Å². The van der Waals surface area contributed by atoms with Crippen molar-refractivity contribution in [1.29, 1.82) is 0 Å². The summed E-state index contributed by atoms with van der Waals surface area (Å²) >= 11 is 0. The first-order valence-corrected chi connectivity index (χ1v) is 6.47. The zero-order valence-electron chi connectivity index (χ0n) is 11.4. The van der Waals surface area contributed by atoms with Gasteiger partial charge >= 0.3 is 6.09 Å². The molecule has 0 aliphatic carbocycles. The third kappa shape index (κ3) is 4.19. The maximum absolute atomic E-state index is 12.0. The van der Waals surface area contributed by atoms with E-state index >= 15 is 0 Å². The first-order chi connectivity index (χ1) is 7.87. The van der Waals surface area contributed by atoms with Crippen LogP contribution in [0, 0.1) is 5.92 Å². The number of hydrogen-bond acceptors (Lipinski definition) is 3. The van der Waals surface area contributed by atoms with E-state index < -0.39 is 5.60 Å². The van der Waals surface area contributed by atoms with E-state index in [1.165, 1.54) is 0 Å². The fourth-order valence-corrected chi connectivity index (χ4v) is 2.35. The molecule has 1 aliphatic heterocycles. The Labute approximate surface area is 104 Å². The fourth-order valence-electron chi connectivity index (χ4n) is 2.35. The molecule has 0 spiro atoms. The van der Waals surface area contributed by atoms with Crippen molar-refractivity contribution in [2.75, 3.05) is 13.2 Å². The molecule has 0 aromatic rings. The SMILES string of the molecule is CCCC1CC(CO)N(C(=O)OC(C)(C)C)C1. The Morgan fingerprint density at radius 1 is 1.47 bits per heavy atom. The van der Waals surface area contributed by atoms with E-state index in [0.717, 1.165) is 19.3 Å². The number of aliphatic hydroxyl groups excluding tert-OH is 1. The second-order valence-electron chi connectivity index (χ2n) is 5.86. The highest BCUT2D eigenvalue weighted by atomic mass is 16.6. The van der Waals surface area contributed by atoms with Crippen molar-refractivity contribution >= 4 is 6.09 Å². The third-order valence-electron chi connectivity index (χ3n) is 3.04. The van der Waals surface area contributed by atoms with Gasteiger partial charge in [-0.25, -0.2) is 4.79 Å². The average molecular weight is 243 g/mol. The molecule has 0 aromatic heterocycles. The highest BCUT2D eigenvalue weighted by Crippen LogP contribution is 2.28. The number of carbonyl (C=O) groups excluding carboxylic acids is 1. The minimum atomic E-state index is -0.472. The lowest BCUT2D eigenvalue weighted by molar-refractivity contribution is 0.0172. The van der Waals surface area contributed by atoms with Gasteiger partial charge in [0, 0.05) is 6.54 Å². The molecule has 0 aromatic carbocycles. The Balaban J connectivity index is 2.59. The molecule has 2 atom stereocenters. The zero-order chi connectivity index (χ0) is 13.1. The molecule has 17 heavy (non-hydrogen) atoms. The van der Waals surface area contributed by atoms with Crippen molar-refractivity contribution in [3.05, 3.63) is 0 Å². The first-order valence-electron chi connectivity index (χ1n) is 6.47. The van der Waals surface area contributed by atoms with Gasteiger partial charge in [-0.05, 0) is 39.5 Å². The van der Waals surface area contributed by atoms with Crippen LogP contribution in [-0.2, 0) is 4.74 Å². The lowest BCUT2D eigenvalue weighted by Crippen LogP contribution is -2.41. The summed E-state index contributed by atoms with van der Waals surface area (Å²) in [5, 5.41) is 9.32. The van der Waals surface area contributed by atoms with Gasteiger partial charge in [-0.3, -0.25) is 0 Å². The Bertz CT molecular complexity index is 260. The monoisotopic (exact) mass is 243 g/mol. The van der Waals surface area contributed by atoms with Crippen molar-refractivity contribution in [3.63, 3.8) is 0 Å². The van der Waals surface area contributed by atoms with E-state index in [-0.39, 0.29) is 18.7 Å². The quantitative estimate of drug-likeness (QED) is 0.828. The summed E-state index contributed by atoms with van der Waals surface area (Å²) in [5.41, 5.74) is -0.472. The second kappa shape index (κ2) is 5.71. The van der Waals surface area contributed by atoms with Crippen LogP contribution < -0.4 is 0 Å². The molecule has 2 unspecified atom stereocenters. The van der Waals surface area contributed by atoms with Gasteiger partial charge in [0.25, 0.3) is 0 Å². The molecule has 4 nitrogen and oxygen atoms in total. The largest absolute Gasteiger partial charge is 0.444 e. The molecule has 0 radical (unpaired) electrons. The van der Waals surface area contributed by atoms with E-state index in [2.05, 4.69) is 6.92 Å². The predicted octanol–water partition coefficient (Wildman–Crippen LogP) is 2.40. The lowest BCUT2D eigenvalue weighted by atomic mass is 10.0. The smallest absolute Gasteiger partial charge is 0.410 e. The number of nitrogens with zero attached hydrogens (tertiary/aromatic N) is 1. The Kier molecular flexibility index (Phi) is 4.80. The number of likely N-dealkylation sites (tertiary alicyclic amines) is 1. The predicted molar refractivity (Wildman–Crippen MR) is 66.8 cm³/mol. The van der Waals surface area contributed by atoms with Crippen LogP contribution in [0.15, 0.2) is 0 Å². The number of carbonyl (C=O) groups is 1. The Hall–Kier alpha value is -0.770. The number of hydrogen-bond donors (Lipinski definition) is 1. The number of aliphatic hydroxyl groups is 1. The Morgan fingerprint density at radius 3 is 2.59 bits per heavy atom. The number of ether oxygens (including phenoxy) is 1. The van der Waals surface area contributed by atoms with Crippen molar-refractivity contribution in [1.82, 2.24) is 4.90 Å². The summed E-state index contributed by atoms with van der Waals surface area (Å²) in [4.78, 5) is 13.7. The van der Waals surface area contributed by atoms with Crippen LogP contribution >= 0.6 is 0 Å². The van der Waals surface area contributed by atoms with Crippen molar-refractivity contribution < 1.29 is 14.6 Å². The van der Waals surface area contributed by atoms with Crippen molar-refractivity contribution in [2.24, 2.45) is 5.92 Å². The summed E-state index contributed by atoms with van der Waals surface area (Å²) in [6.07, 6.45) is 2.82. The van der Waals surface area contributed by atoms with Crippen LogP contribution in [0.5, 0.6) is 0 Å². The minimum Gasteiger partial charge on any atom is -0.444 e. The fraction of sp³-hybridized carbons (Fsp3) is 0.923. The molecule has 1 aliphatic rings. The van der Waals surface area contributed by atoms with E-state index in [1.54, 1.807) is 4.90 Å². The topological polar surface area (TPSA) is 49.8 Å². The van der Waals surface area contributed by atoms with Crippen LogP contribution in [0.2, 0.25) is 0 Å². The van der Waals surface area contributed by atoms with E-state index in [9.17, 15) is 9.90 Å². The molecule has 0 bridgehead atoms. The van der Waals surface area contributed by atoms with Gasteiger partial charge in [-0.2, -0.15) is 0 Å². The van der Waals surface area contributed by atoms with Gasteiger partial charge < -0.3 is 14.7 Å². The summed E-state index contributed by atoms with van der Waals surface area (Å²) in [6, 6.07) is -0.0681. The average Bonchev–Trinajstić information content (AvgIpc) is 2.59.